The summed E-state index contributed by atoms with van der Waals surface area (Å²) in [6.45, 7) is 0.0713. The number of nitrogens with one attached hydrogen (secondary N) is 1. The number of fused-ring (bicyclic) bond motifs is 1. The van der Waals surface area contributed by atoms with Crippen LogP contribution in [0.25, 0.3) is 11.3 Å². The number of para-hydroxylation sites is 2. The molecule has 1 aromatic heterocycles. The number of nitro benzene ring substituents is 1. The van der Waals surface area contributed by atoms with Gasteiger partial charge in [-0.3, -0.25) is 14.9 Å². The smallest absolute Gasteiger partial charge is 0.284 e. The molecule has 0 bridgehead atoms. The summed E-state index contributed by atoms with van der Waals surface area (Å²) in [5.41, 5.74) is 2.76. The molecule has 1 unspecified atom stereocenters. The molecule has 1 aliphatic heterocycles. The first-order valence-electron chi connectivity index (χ1n) is 8.77. The van der Waals surface area contributed by atoms with Crippen molar-refractivity contribution < 1.29 is 23.6 Å². The Kier molecular flexibility index (Phi) is 5.36. The maximum atomic E-state index is 12.2. The second-order valence-electron chi connectivity index (χ2n) is 6.22. The maximum Gasteiger partial charge on any atom is 0.284 e. The van der Waals surface area contributed by atoms with Crippen LogP contribution in [-0.4, -0.2) is 29.8 Å². The van der Waals surface area contributed by atoms with Gasteiger partial charge in [-0.15, -0.1) is 0 Å². The van der Waals surface area contributed by atoms with Crippen LogP contribution in [-0.2, 0) is 4.79 Å². The van der Waals surface area contributed by atoms with E-state index in [2.05, 4.69) is 10.5 Å². The predicted molar refractivity (Wildman–Crippen MR) is 108 cm³/mol. The van der Waals surface area contributed by atoms with Crippen LogP contribution in [0.1, 0.15) is 5.76 Å². The fraction of sp³-hybridized carbons (Fsp3) is 0.100. The minimum atomic E-state index is -0.830. The summed E-state index contributed by atoms with van der Waals surface area (Å²) < 4.78 is 16.7. The first kappa shape index (κ1) is 19.5. The average Bonchev–Trinajstić information content (AvgIpc) is 3.21. The monoisotopic (exact) mass is 427 g/mol. The molecule has 1 amide bonds. The topological polar surface area (TPSA) is 116 Å². The van der Waals surface area contributed by atoms with Crippen molar-refractivity contribution in [2.75, 3.05) is 6.61 Å². The lowest BCUT2D eigenvalue weighted by Gasteiger charge is -2.24. The molecule has 1 atom stereocenters. The van der Waals surface area contributed by atoms with Gasteiger partial charge in [0.25, 0.3) is 11.6 Å². The number of carbonyl (C=O) groups is 1. The number of ether oxygens (including phenoxy) is 2. The first-order valence-corrected chi connectivity index (χ1v) is 9.14. The van der Waals surface area contributed by atoms with E-state index in [0.717, 1.165) is 0 Å². The van der Waals surface area contributed by atoms with Crippen molar-refractivity contribution in [1.29, 1.82) is 0 Å². The number of furan rings is 1. The minimum Gasteiger partial charge on any atom is -0.485 e. The first-order chi connectivity index (χ1) is 14.5. The normalized spacial score (nSPS) is 15.2. The molecule has 0 saturated carbocycles. The molecule has 3 aromatic rings. The van der Waals surface area contributed by atoms with E-state index in [1.807, 2.05) is 6.07 Å². The summed E-state index contributed by atoms with van der Waals surface area (Å²) in [5, 5.41) is 14.9. The van der Waals surface area contributed by atoms with Gasteiger partial charge in [0.2, 0.25) is 6.10 Å². The Labute approximate surface area is 175 Å². The van der Waals surface area contributed by atoms with E-state index in [1.54, 1.807) is 30.3 Å². The van der Waals surface area contributed by atoms with E-state index in [1.165, 1.54) is 24.4 Å². The molecule has 0 saturated heterocycles. The SMILES string of the molecule is O=C(NN=Cc1ccc(-c2ccc([N+](=O)[O-])cc2Cl)o1)C1COc2ccccc2O1. The van der Waals surface area contributed by atoms with Crippen LogP contribution < -0.4 is 14.9 Å². The van der Waals surface area contributed by atoms with Gasteiger partial charge in [-0.2, -0.15) is 5.10 Å². The Hall–Kier alpha value is -3.85. The van der Waals surface area contributed by atoms with E-state index >= 15 is 0 Å². The standard InChI is InChI=1S/C20H14ClN3O6/c21-15-9-12(24(26)27)5-7-14(15)16-8-6-13(29-16)10-22-23-20(25)19-11-28-17-3-1-2-4-18(17)30-19/h1-10,19H,11H2,(H,23,25). The second kappa shape index (κ2) is 8.26. The fourth-order valence-electron chi connectivity index (χ4n) is 2.76. The van der Waals surface area contributed by atoms with Crippen LogP contribution in [0, 0.1) is 10.1 Å². The minimum absolute atomic E-state index is 0.0713. The van der Waals surface area contributed by atoms with Crippen LogP contribution in [0.15, 0.2) is 64.1 Å². The Morgan fingerprint density at radius 3 is 2.77 bits per heavy atom. The highest BCUT2D eigenvalue weighted by Crippen LogP contribution is 2.32. The van der Waals surface area contributed by atoms with E-state index in [-0.39, 0.29) is 17.3 Å². The van der Waals surface area contributed by atoms with Crippen molar-refractivity contribution in [3.05, 3.63) is 75.5 Å². The van der Waals surface area contributed by atoms with Gasteiger partial charge in [-0.25, -0.2) is 5.43 Å². The molecule has 2 aromatic carbocycles. The predicted octanol–water partition coefficient (Wildman–Crippen LogP) is 3.80. The number of halogens is 1. The van der Waals surface area contributed by atoms with Crippen molar-refractivity contribution in [2.24, 2.45) is 5.10 Å². The number of amides is 1. The zero-order chi connectivity index (χ0) is 21.1. The molecule has 0 radical (unpaired) electrons. The number of rotatable bonds is 5. The van der Waals surface area contributed by atoms with Crippen molar-refractivity contribution in [2.45, 2.75) is 6.10 Å². The molecule has 0 fully saturated rings. The number of nitro groups is 1. The lowest BCUT2D eigenvalue weighted by Crippen LogP contribution is -2.42. The van der Waals surface area contributed by atoms with Crippen molar-refractivity contribution in [1.82, 2.24) is 5.43 Å². The lowest BCUT2D eigenvalue weighted by molar-refractivity contribution is -0.384. The summed E-state index contributed by atoms with van der Waals surface area (Å²) in [4.78, 5) is 22.5. The van der Waals surface area contributed by atoms with Gasteiger partial charge in [0.15, 0.2) is 11.5 Å². The Bertz CT molecular complexity index is 1140. The van der Waals surface area contributed by atoms with Crippen molar-refractivity contribution in [3.63, 3.8) is 0 Å². The number of nitrogens with zero attached hydrogens (tertiary/aromatic N) is 2. The van der Waals surface area contributed by atoms with E-state index < -0.39 is 16.9 Å². The van der Waals surface area contributed by atoms with Gasteiger partial charge in [0, 0.05) is 17.7 Å². The molecule has 30 heavy (non-hydrogen) atoms. The van der Waals surface area contributed by atoms with Gasteiger partial charge >= 0.3 is 0 Å². The molecule has 1 aliphatic rings. The highest BCUT2D eigenvalue weighted by Gasteiger charge is 2.27. The van der Waals surface area contributed by atoms with Gasteiger partial charge in [-0.05, 0) is 30.3 Å². The van der Waals surface area contributed by atoms with Gasteiger partial charge < -0.3 is 13.9 Å². The molecule has 1 N–H and O–H groups in total. The van der Waals surface area contributed by atoms with Crippen LogP contribution in [0.5, 0.6) is 11.5 Å². The quantitative estimate of drug-likeness (QED) is 0.376. The molecule has 4 rings (SSSR count). The molecule has 10 heteroatoms. The van der Waals surface area contributed by atoms with Crippen LogP contribution in [0.4, 0.5) is 5.69 Å². The summed E-state index contributed by atoms with van der Waals surface area (Å²) in [6.07, 6.45) is 0.487. The number of benzene rings is 2. The summed E-state index contributed by atoms with van der Waals surface area (Å²) in [6, 6.07) is 14.4. The van der Waals surface area contributed by atoms with Crippen molar-refractivity contribution >= 4 is 29.4 Å². The van der Waals surface area contributed by atoms with Crippen LogP contribution in [0.2, 0.25) is 5.02 Å². The zero-order valence-electron chi connectivity index (χ0n) is 15.3. The van der Waals surface area contributed by atoms with E-state index in [4.69, 9.17) is 25.5 Å². The molecule has 2 heterocycles. The Morgan fingerprint density at radius 2 is 2.00 bits per heavy atom. The number of hydrogen-bond donors (Lipinski definition) is 1. The largest absolute Gasteiger partial charge is 0.485 e. The lowest BCUT2D eigenvalue weighted by atomic mass is 10.1. The zero-order valence-corrected chi connectivity index (χ0v) is 16.0. The Morgan fingerprint density at radius 1 is 1.20 bits per heavy atom. The van der Waals surface area contributed by atoms with Gasteiger partial charge in [-0.1, -0.05) is 23.7 Å². The highest BCUT2D eigenvalue weighted by atomic mass is 35.5. The van der Waals surface area contributed by atoms with Gasteiger partial charge in [0.1, 0.15) is 18.1 Å². The molecular formula is C20H14ClN3O6. The van der Waals surface area contributed by atoms with Gasteiger partial charge in [0.05, 0.1) is 16.2 Å². The third kappa shape index (κ3) is 4.11. The molecule has 152 valence electrons. The third-order valence-electron chi connectivity index (χ3n) is 4.22. The van der Waals surface area contributed by atoms with E-state index in [9.17, 15) is 14.9 Å². The van der Waals surface area contributed by atoms with Crippen LogP contribution in [0.3, 0.4) is 0 Å². The molecular weight excluding hydrogens is 414 g/mol. The summed E-state index contributed by atoms with van der Waals surface area (Å²) >= 11 is 6.10. The number of hydrogen-bond acceptors (Lipinski definition) is 7. The third-order valence-corrected chi connectivity index (χ3v) is 4.54. The fourth-order valence-corrected chi connectivity index (χ4v) is 3.03. The maximum absolute atomic E-state index is 12.2. The number of hydrazone groups is 1. The Balaban J connectivity index is 1.38. The number of non-ortho nitro benzene ring substituents is 1. The van der Waals surface area contributed by atoms with Crippen LogP contribution >= 0.6 is 11.6 Å². The molecule has 0 aliphatic carbocycles. The second-order valence-corrected chi connectivity index (χ2v) is 6.63. The summed E-state index contributed by atoms with van der Waals surface area (Å²) in [5.74, 6) is 1.36. The average molecular weight is 428 g/mol. The highest BCUT2D eigenvalue weighted by molar-refractivity contribution is 6.33. The molecule has 0 spiro atoms. The van der Waals surface area contributed by atoms with E-state index in [0.29, 0.717) is 28.6 Å². The summed E-state index contributed by atoms with van der Waals surface area (Å²) in [7, 11) is 0. The number of carbonyl (C=O) groups excluding carboxylic acids is 1. The molecule has 9 nitrogen and oxygen atoms in total. The van der Waals surface area contributed by atoms with Crippen molar-refractivity contribution in [3.8, 4) is 22.8 Å².